The summed E-state index contributed by atoms with van der Waals surface area (Å²) in [7, 11) is 0. The Kier molecular flexibility index (Phi) is 2.47. The van der Waals surface area contributed by atoms with Crippen molar-refractivity contribution in [3.63, 3.8) is 0 Å². The van der Waals surface area contributed by atoms with E-state index in [2.05, 4.69) is 23.8 Å². The van der Waals surface area contributed by atoms with Gasteiger partial charge in [0.2, 0.25) is 5.95 Å². The van der Waals surface area contributed by atoms with Gasteiger partial charge in [0.25, 0.3) is 0 Å². The van der Waals surface area contributed by atoms with Gasteiger partial charge in [-0.15, -0.1) is 0 Å². The Balaban J connectivity index is 3.00. The van der Waals surface area contributed by atoms with Gasteiger partial charge in [-0.3, -0.25) is 0 Å². The number of anilines is 2. The van der Waals surface area contributed by atoms with Gasteiger partial charge in [-0.25, -0.2) is 4.98 Å². The number of nitrogen functional groups attached to an aromatic ring is 2. The number of hydrogen-bond donors (Lipinski definition) is 2. The van der Waals surface area contributed by atoms with E-state index in [0.29, 0.717) is 11.7 Å². The van der Waals surface area contributed by atoms with E-state index >= 15 is 0 Å². The third kappa shape index (κ3) is 1.84. The van der Waals surface area contributed by atoms with Crippen LogP contribution in [0.5, 0.6) is 0 Å². The van der Waals surface area contributed by atoms with Crippen LogP contribution in [0.1, 0.15) is 31.9 Å². The van der Waals surface area contributed by atoms with Crippen LogP contribution in [0, 0.1) is 0 Å². The summed E-state index contributed by atoms with van der Waals surface area (Å²) in [5.74, 6) is 1.08. The smallest absolute Gasteiger partial charge is 0.222 e. The topological polar surface area (TPSA) is 77.8 Å². The van der Waals surface area contributed by atoms with Crippen molar-refractivity contribution in [2.24, 2.45) is 0 Å². The lowest BCUT2D eigenvalue weighted by Crippen LogP contribution is -2.04. The van der Waals surface area contributed by atoms with Crippen molar-refractivity contribution in [2.45, 2.75) is 26.2 Å². The molecular formula is C8H14N4. The zero-order valence-electron chi connectivity index (χ0n) is 7.41. The van der Waals surface area contributed by atoms with Gasteiger partial charge in [-0.05, 0) is 12.3 Å². The first kappa shape index (κ1) is 8.77. The first-order valence-electron chi connectivity index (χ1n) is 4.03. The molecule has 12 heavy (non-hydrogen) atoms. The lowest BCUT2D eigenvalue weighted by molar-refractivity contribution is 0.707. The van der Waals surface area contributed by atoms with Gasteiger partial charge in [0.1, 0.15) is 5.82 Å². The molecule has 0 amide bonds. The summed E-state index contributed by atoms with van der Waals surface area (Å²) >= 11 is 0. The van der Waals surface area contributed by atoms with Crippen LogP contribution in [0.4, 0.5) is 11.8 Å². The van der Waals surface area contributed by atoms with E-state index in [-0.39, 0.29) is 5.95 Å². The van der Waals surface area contributed by atoms with Gasteiger partial charge < -0.3 is 11.5 Å². The van der Waals surface area contributed by atoms with Crippen molar-refractivity contribution in [3.05, 3.63) is 11.8 Å². The van der Waals surface area contributed by atoms with Crippen LogP contribution in [0.3, 0.4) is 0 Å². The van der Waals surface area contributed by atoms with Gasteiger partial charge in [0, 0.05) is 6.07 Å². The van der Waals surface area contributed by atoms with E-state index in [1.165, 1.54) is 0 Å². The molecule has 4 heteroatoms. The second kappa shape index (κ2) is 3.38. The summed E-state index contributed by atoms with van der Waals surface area (Å²) in [6, 6.07) is 1.77. The first-order chi connectivity index (χ1) is 5.63. The molecule has 0 aliphatic heterocycles. The summed E-state index contributed by atoms with van der Waals surface area (Å²) in [5.41, 5.74) is 11.9. The van der Waals surface area contributed by atoms with Crippen molar-refractivity contribution in [3.8, 4) is 0 Å². The van der Waals surface area contributed by atoms with Gasteiger partial charge in [0.15, 0.2) is 0 Å². The minimum Gasteiger partial charge on any atom is -0.384 e. The summed E-state index contributed by atoms with van der Waals surface area (Å²) in [5, 5.41) is 0. The maximum absolute atomic E-state index is 5.52. The normalized spacial score (nSPS) is 12.8. The predicted octanol–water partition coefficient (Wildman–Crippen LogP) is 1.15. The highest BCUT2D eigenvalue weighted by Crippen LogP contribution is 2.18. The van der Waals surface area contributed by atoms with E-state index in [9.17, 15) is 0 Å². The van der Waals surface area contributed by atoms with E-state index in [0.717, 1.165) is 12.1 Å². The van der Waals surface area contributed by atoms with Crippen molar-refractivity contribution < 1.29 is 0 Å². The molecular weight excluding hydrogens is 152 g/mol. The van der Waals surface area contributed by atoms with Crippen LogP contribution in [0.2, 0.25) is 0 Å². The van der Waals surface area contributed by atoms with Crippen LogP contribution in [-0.4, -0.2) is 9.97 Å². The lowest BCUT2D eigenvalue weighted by Gasteiger charge is -2.08. The highest BCUT2D eigenvalue weighted by atomic mass is 15.0. The lowest BCUT2D eigenvalue weighted by atomic mass is 10.1. The van der Waals surface area contributed by atoms with E-state index < -0.39 is 0 Å². The van der Waals surface area contributed by atoms with Crippen molar-refractivity contribution >= 4 is 11.8 Å². The van der Waals surface area contributed by atoms with Gasteiger partial charge in [0.05, 0.1) is 5.69 Å². The molecule has 4 N–H and O–H groups in total. The third-order valence-corrected chi connectivity index (χ3v) is 1.90. The molecule has 1 atom stereocenters. The fourth-order valence-electron chi connectivity index (χ4n) is 0.967. The molecule has 66 valence electrons. The Morgan fingerprint density at radius 2 is 2.08 bits per heavy atom. The van der Waals surface area contributed by atoms with Crippen molar-refractivity contribution in [1.29, 1.82) is 0 Å². The van der Waals surface area contributed by atoms with Gasteiger partial charge >= 0.3 is 0 Å². The van der Waals surface area contributed by atoms with Crippen LogP contribution in [0.25, 0.3) is 0 Å². The maximum Gasteiger partial charge on any atom is 0.222 e. The van der Waals surface area contributed by atoms with Crippen LogP contribution in [0.15, 0.2) is 6.07 Å². The molecule has 0 fully saturated rings. The van der Waals surface area contributed by atoms with Crippen molar-refractivity contribution in [1.82, 2.24) is 9.97 Å². The molecule has 0 spiro atoms. The molecule has 1 aromatic rings. The number of rotatable bonds is 2. The quantitative estimate of drug-likeness (QED) is 0.691. The summed E-state index contributed by atoms with van der Waals surface area (Å²) < 4.78 is 0. The average Bonchev–Trinajstić information content (AvgIpc) is 2.01. The molecule has 0 aromatic carbocycles. The molecule has 1 aromatic heterocycles. The number of nitrogens with two attached hydrogens (primary N) is 2. The van der Waals surface area contributed by atoms with Crippen LogP contribution >= 0.6 is 0 Å². The number of hydrogen-bond acceptors (Lipinski definition) is 4. The molecule has 0 saturated heterocycles. The standard InChI is InChI=1S/C8H14N4/c1-3-5(2)6-4-7(9)12-8(10)11-6/h4-5H,3H2,1-2H3,(H4,9,10,11,12). The minimum atomic E-state index is 0.255. The SMILES string of the molecule is CCC(C)c1cc(N)nc(N)n1. The average molecular weight is 166 g/mol. The molecule has 1 heterocycles. The minimum absolute atomic E-state index is 0.255. The zero-order valence-corrected chi connectivity index (χ0v) is 7.41. The second-order valence-corrected chi connectivity index (χ2v) is 2.89. The Morgan fingerprint density at radius 3 is 2.58 bits per heavy atom. The summed E-state index contributed by atoms with van der Waals surface area (Å²) in [4.78, 5) is 7.89. The zero-order chi connectivity index (χ0) is 9.14. The molecule has 0 aliphatic carbocycles. The van der Waals surface area contributed by atoms with Gasteiger partial charge in [-0.2, -0.15) is 4.98 Å². The second-order valence-electron chi connectivity index (χ2n) is 2.89. The van der Waals surface area contributed by atoms with E-state index in [1.54, 1.807) is 6.07 Å². The molecule has 0 saturated carbocycles. The first-order valence-corrected chi connectivity index (χ1v) is 4.03. The number of aromatic nitrogens is 2. The Morgan fingerprint density at radius 1 is 1.42 bits per heavy atom. The summed E-state index contributed by atoms with van der Waals surface area (Å²) in [6.45, 7) is 4.18. The fraction of sp³-hybridized carbons (Fsp3) is 0.500. The number of nitrogens with zero attached hydrogens (tertiary/aromatic N) is 2. The van der Waals surface area contributed by atoms with E-state index in [1.807, 2.05) is 0 Å². The highest BCUT2D eigenvalue weighted by molar-refractivity contribution is 5.36. The molecule has 0 bridgehead atoms. The Bertz CT molecular complexity index is 252. The molecule has 0 aliphatic rings. The molecule has 0 radical (unpaired) electrons. The summed E-state index contributed by atoms with van der Waals surface area (Å²) in [6.07, 6.45) is 1.02. The molecule has 1 rings (SSSR count). The fourth-order valence-corrected chi connectivity index (χ4v) is 0.967. The van der Waals surface area contributed by atoms with Crippen molar-refractivity contribution in [2.75, 3.05) is 11.5 Å². The highest BCUT2D eigenvalue weighted by Gasteiger charge is 2.06. The molecule has 1 unspecified atom stereocenters. The van der Waals surface area contributed by atoms with E-state index in [4.69, 9.17) is 11.5 Å². The Hall–Kier alpha value is -1.32. The predicted molar refractivity (Wildman–Crippen MR) is 49.6 cm³/mol. The monoisotopic (exact) mass is 166 g/mol. The van der Waals surface area contributed by atoms with Crippen LogP contribution in [-0.2, 0) is 0 Å². The third-order valence-electron chi connectivity index (χ3n) is 1.90. The Labute approximate surface area is 72.0 Å². The van der Waals surface area contributed by atoms with Crippen LogP contribution < -0.4 is 11.5 Å². The molecule has 4 nitrogen and oxygen atoms in total. The largest absolute Gasteiger partial charge is 0.384 e. The maximum atomic E-state index is 5.52. The van der Waals surface area contributed by atoms with Gasteiger partial charge in [-0.1, -0.05) is 13.8 Å².